The fraction of sp³-hybridized carbons (Fsp3) is 0.625. The summed E-state index contributed by atoms with van der Waals surface area (Å²) in [6.45, 7) is 10.9. The highest BCUT2D eigenvalue weighted by atomic mass is 16.3. The molecule has 0 aromatic heterocycles. The number of hydrogen-bond donors (Lipinski definition) is 1. The van der Waals surface area contributed by atoms with Crippen LogP contribution in [0.25, 0.3) is 0 Å². The Morgan fingerprint density at radius 2 is 1.65 bits per heavy atom. The Morgan fingerprint density at radius 1 is 1.12 bits per heavy atom. The van der Waals surface area contributed by atoms with E-state index >= 15 is 0 Å². The fourth-order valence-electron chi connectivity index (χ4n) is 2.12. The molecule has 0 saturated heterocycles. The summed E-state index contributed by atoms with van der Waals surface area (Å²) in [6.07, 6.45) is 1.87. The van der Waals surface area contributed by atoms with E-state index in [2.05, 4.69) is 58.9 Å². The van der Waals surface area contributed by atoms with Crippen LogP contribution in [0.1, 0.15) is 64.7 Å². The van der Waals surface area contributed by atoms with E-state index in [1.165, 1.54) is 5.56 Å². The normalized spacial score (nSPS) is 15.6. The molecule has 0 bridgehead atoms. The van der Waals surface area contributed by atoms with Gasteiger partial charge in [0.2, 0.25) is 0 Å². The minimum Gasteiger partial charge on any atom is -0.388 e. The molecular weight excluding hydrogens is 208 g/mol. The molecule has 1 aromatic rings. The predicted octanol–water partition coefficient (Wildman–Crippen LogP) is 4.45. The summed E-state index contributed by atoms with van der Waals surface area (Å²) in [4.78, 5) is 0. The molecular formula is C16H26O. The van der Waals surface area contributed by atoms with Crippen molar-refractivity contribution in [2.75, 3.05) is 0 Å². The quantitative estimate of drug-likeness (QED) is 0.816. The van der Waals surface area contributed by atoms with Gasteiger partial charge in [0.25, 0.3) is 0 Å². The number of benzene rings is 1. The first-order valence-electron chi connectivity index (χ1n) is 6.64. The van der Waals surface area contributed by atoms with Crippen molar-refractivity contribution >= 4 is 0 Å². The standard InChI is InChI=1S/C16H26O/c1-6-7-12(2)15(17)13-8-10-14(11-9-13)16(3,4)5/h8-12,15,17H,6-7H2,1-5H3. The lowest BCUT2D eigenvalue weighted by Crippen LogP contribution is -2.12. The van der Waals surface area contributed by atoms with E-state index < -0.39 is 0 Å². The zero-order valence-electron chi connectivity index (χ0n) is 11.8. The molecule has 1 nitrogen and oxygen atoms in total. The minimum atomic E-state index is -0.330. The maximum absolute atomic E-state index is 10.2. The van der Waals surface area contributed by atoms with E-state index in [0.29, 0.717) is 5.92 Å². The summed E-state index contributed by atoms with van der Waals surface area (Å²) in [5.41, 5.74) is 2.54. The smallest absolute Gasteiger partial charge is 0.0815 e. The van der Waals surface area contributed by atoms with Gasteiger partial charge in [-0.05, 0) is 28.9 Å². The molecule has 0 aliphatic rings. The molecule has 0 spiro atoms. The van der Waals surface area contributed by atoms with E-state index in [4.69, 9.17) is 0 Å². The van der Waals surface area contributed by atoms with Crippen molar-refractivity contribution in [3.63, 3.8) is 0 Å². The molecule has 1 aromatic carbocycles. The number of aliphatic hydroxyl groups is 1. The van der Waals surface area contributed by atoms with Gasteiger partial charge in [-0.1, -0.05) is 65.3 Å². The third-order valence-corrected chi connectivity index (χ3v) is 3.40. The second-order valence-corrected chi connectivity index (χ2v) is 6.08. The van der Waals surface area contributed by atoms with E-state index in [-0.39, 0.29) is 11.5 Å². The highest BCUT2D eigenvalue weighted by Gasteiger charge is 2.17. The zero-order valence-corrected chi connectivity index (χ0v) is 11.8. The van der Waals surface area contributed by atoms with Gasteiger partial charge in [0, 0.05) is 0 Å². The van der Waals surface area contributed by atoms with Crippen LogP contribution in [0.4, 0.5) is 0 Å². The van der Waals surface area contributed by atoms with Gasteiger partial charge in [0.05, 0.1) is 6.10 Å². The highest BCUT2D eigenvalue weighted by Crippen LogP contribution is 2.28. The van der Waals surface area contributed by atoms with Crippen LogP contribution < -0.4 is 0 Å². The second kappa shape index (κ2) is 5.68. The van der Waals surface area contributed by atoms with Gasteiger partial charge in [-0.25, -0.2) is 0 Å². The van der Waals surface area contributed by atoms with Gasteiger partial charge < -0.3 is 5.11 Å². The Morgan fingerprint density at radius 3 is 2.06 bits per heavy atom. The highest BCUT2D eigenvalue weighted by molar-refractivity contribution is 5.28. The first-order chi connectivity index (χ1) is 7.86. The first-order valence-corrected chi connectivity index (χ1v) is 6.64. The first kappa shape index (κ1) is 14.2. The molecule has 0 saturated carbocycles. The van der Waals surface area contributed by atoms with Gasteiger partial charge >= 0.3 is 0 Å². The molecule has 0 fully saturated rings. The number of rotatable bonds is 4. The molecule has 0 aliphatic carbocycles. The summed E-state index contributed by atoms with van der Waals surface area (Å²) >= 11 is 0. The molecule has 1 rings (SSSR count). The van der Waals surface area contributed by atoms with Crippen molar-refractivity contribution in [1.82, 2.24) is 0 Å². The lowest BCUT2D eigenvalue weighted by atomic mass is 9.85. The van der Waals surface area contributed by atoms with Crippen LogP contribution in [-0.4, -0.2) is 5.11 Å². The summed E-state index contributed by atoms with van der Waals surface area (Å²) in [6, 6.07) is 8.41. The monoisotopic (exact) mass is 234 g/mol. The lowest BCUT2D eigenvalue weighted by molar-refractivity contribution is 0.112. The van der Waals surface area contributed by atoms with E-state index in [1.54, 1.807) is 0 Å². The summed E-state index contributed by atoms with van der Waals surface area (Å²) in [7, 11) is 0. The van der Waals surface area contributed by atoms with E-state index in [0.717, 1.165) is 18.4 Å². The van der Waals surface area contributed by atoms with Crippen LogP contribution >= 0.6 is 0 Å². The van der Waals surface area contributed by atoms with E-state index in [9.17, 15) is 5.11 Å². The van der Waals surface area contributed by atoms with Crippen molar-refractivity contribution in [1.29, 1.82) is 0 Å². The molecule has 2 unspecified atom stereocenters. The van der Waals surface area contributed by atoms with E-state index in [1.807, 2.05) is 0 Å². The van der Waals surface area contributed by atoms with Gasteiger partial charge in [-0.15, -0.1) is 0 Å². The van der Waals surface area contributed by atoms with Crippen LogP contribution in [0, 0.1) is 5.92 Å². The van der Waals surface area contributed by atoms with Crippen LogP contribution in [0.3, 0.4) is 0 Å². The summed E-state index contributed by atoms with van der Waals surface area (Å²) in [5, 5.41) is 10.2. The van der Waals surface area contributed by atoms with Gasteiger partial charge in [0.15, 0.2) is 0 Å². The Balaban J connectivity index is 2.80. The van der Waals surface area contributed by atoms with Crippen molar-refractivity contribution in [2.45, 2.75) is 59.0 Å². The Labute approximate surface area is 106 Å². The average molecular weight is 234 g/mol. The Hall–Kier alpha value is -0.820. The van der Waals surface area contributed by atoms with Crippen molar-refractivity contribution in [3.8, 4) is 0 Å². The zero-order chi connectivity index (χ0) is 13.1. The van der Waals surface area contributed by atoms with Crippen LogP contribution in [0.15, 0.2) is 24.3 Å². The molecule has 0 heterocycles. The van der Waals surface area contributed by atoms with Crippen LogP contribution in [0.2, 0.25) is 0 Å². The number of hydrogen-bond acceptors (Lipinski definition) is 1. The average Bonchev–Trinajstić information content (AvgIpc) is 2.27. The van der Waals surface area contributed by atoms with Gasteiger partial charge in [-0.3, -0.25) is 0 Å². The lowest BCUT2D eigenvalue weighted by Gasteiger charge is -2.22. The van der Waals surface area contributed by atoms with Crippen molar-refractivity contribution in [3.05, 3.63) is 35.4 Å². The largest absolute Gasteiger partial charge is 0.388 e. The third kappa shape index (κ3) is 3.85. The maximum atomic E-state index is 10.2. The van der Waals surface area contributed by atoms with Gasteiger partial charge in [0.1, 0.15) is 0 Å². The van der Waals surface area contributed by atoms with Gasteiger partial charge in [-0.2, -0.15) is 0 Å². The van der Waals surface area contributed by atoms with Crippen molar-refractivity contribution in [2.24, 2.45) is 5.92 Å². The third-order valence-electron chi connectivity index (χ3n) is 3.40. The van der Waals surface area contributed by atoms with Crippen molar-refractivity contribution < 1.29 is 5.11 Å². The van der Waals surface area contributed by atoms with Crippen LogP contribution in [-0.2, 0) is 5.41 Å². The Bertz CT molecular complexity index is 332. The summed E-state index contributed by atoms with van der Waals surface area (Å²) < 4.78 is 0. The SMILES string of the molecule is CCCC(C)C(O)c1ccc(C(C)(C)C)cc1. The number of aliphatic hydroxyl groups excluding tert-OH is 1. The maximum Gasteiger partial charge on any atom is 0.0815 e. The second-order valence-electron chi connectivity index (χ2n) is 6.08. The fourth-order valence-corrected chi connectivity index (χ4v) is 2.12. The molecule has 96 valence electrons. The molecule has 0 aliphatic heterocycles. The summed E-state index contributed by atoms with van der Waals surface area (Å²) in [5.74, 6) is 0.334. The molecule has 1 heteroatoms. The predicted molar refractivity (Wildman–Crippen MR) is 74.2 cm³/mol. The minimum absolute atomic E-state index is 0.179. The molecule has 2 atom stereocenters. The topological polar surface area (TPSA) is 20.2 Å². The van der Waals surface area contributed by atoms with Crippen LogP contribution in [0.5, 0.6) is 0 Å². The molecule has 17 heavy (non-hydrogen) atoms. The molecule has 1 N–H and O–H groups in total. The molecule has 0 amide bonds. The molecule has 0 radical (unpaired) electrons. The Kier molecular flexibility index (Phi) is 4.76.